The van der Waals surface area contributed by atoms with Gasteiger partial charge in [-0.05, 0) is 30.2 Å². The van der Waals surface area contributed by atoms with Crippen LogP contribution in [0, 0.1) is 0 Å². The molecule has 7 nitrogen and oxygen atoms in total. The maximum atomic E-state index is 10.8. The van der Waals surface area contributed by atoms with Gasteiger partial charge in [-0.3, -0.25) is 4.79 Å². The van der Waals surface area contributed by atoms with Crippen LogP contribution >= 0.6 is 0 Å². The first-order valence-corrected chi connectivity index (χ1v) is 8.27. The number of nitrogens with two attached hydrogens (primary N) is 1. The first kappa shape index (κ1) is 17.5. The maximum Gasteiger partial charge on any atom is 0.213 e. The maximum absolute atomic E-state index is 10.8. The van der Waals surface area contributed by atoms with E-state index in [0.29, 0.717) is 18.2 Å². The fourth-order valence-corrected chi connectivity index (χ4v) is 2.64. The van der Waals surface area contributed by atoms with Crippen LogP contribution in [0.3, 0.4) is 0 Å². The van der Waals surface area contributed by atoms with Gasteiger partial charge in [0.2, 0.25) is 12.3 Å². The lowest BCUT2D eigenvalue weighted by Crippen LogP contribution is -2.26. The molecule has 134 valence electrons. The second kappa shape index (κ2) is 8.15. The molecule has 1 aliphatic heterocycles. The van der Waals surface area contributed by atoms with Gasteiger partial charge < -0.3 is 20.7 Å². The van der Waals surface area contributed by atoms with E-state index in [9.17, 15) is 4.79 Å². The highest BCUT2D eigenvalue weighted by molar-refractivity contribution is 5.78. The number of hydrogen-bond acceptors (Lipinski definition) is 6. The summed E-state index contributed by atoms with van der Waals surface area (Å²) in [6, 6.07) is 5.53. The van der Waals surface area contributed by atoms with Crippen LogP contribution in [-0.4, -0.2) is 41.5 Å². The summed E-state index contributed by atoms with van der Waals surface area (Å²) < 4.78 is 5.07. The summed E-state index contributed by atoms with van der Waals surface area (Å²) in [5, 5.41) is 3.31. The fraction of sp³-hybridized carbons (Fsp3) is 0.211. The zero-order chi connectivity index (χ0) is 18.4. The highest BCUT2D eigenvalue weighted by Gasteiger charge is 2.09. The topological polar surface area (TPSA) is 93.4 Å². The predicted octanol–water partition coefficient (Wildman–Crippen LogP) is 2.61. The van der Waals surface area contributed by atoms with Gasteiger partial charge in [0.05, 0.1) is 24.7 Å². The third-order valence-corrected chi connectivity index (χ3v) is 4.13. The number of anilines is 3. The number of amides is 1. The van der Waals surface area contributed by atoms with Crippen LogP contribution in [0.15, 0.2) is 48.3 Å². The second-order valence-corrected chi connectivity index (χ2v) is 5.83. The minimum Gasteiger partial charge on any atom is -0.481 e. The van der Waals surface area contributed by atoms with Gasteiger partial charge in [0, 0.05) is 30.9 Å². The number of nitrogen functional groups attached to an aromatic ring is 1. The van der Waals surface area contributed by atoms with Gasteiger partial charge >= 0.3 is 0 Å². The lowest BCUT2D eigenvalue weighted by Gasteiger charge is -2.20. The predicted molar refractivity (Wildman–Crippen MR) is 102 cm³/mol. The monoisotopic (exact) mass is 351 g/mol. The van der Waals surface area contributed by atoms with Crippen molar-refractivity contribution in [2.45, 2.75) is 6.42 Å². The van der Waals surface area contributed by atoms with E-state index in [1.807, 2.05) is 30.4 Å². The van der Waals surface area contributed by atoms with Crippen molar-refractivity contribution in [2.24, 2.45) is 0 Å². The van der Waals surface area contributed by atoms with Gasteiger partial charge in [-0.15, -0.1) is 0 Å². The Labute approximate surface area is 152 Å². The molecule has 3 N–H and O–H groups in total. The molecule has 0 bridgehead atoms. The number of aromatic nitrogens is 2. The van der Waals surface area contributed by atoms with Crippen LogP contribution in [0.5, 0.6) is 5.88 Å². The van der Waals surface area contributed by atoms with Crippen molar-refractivity contribution in [2.75, 3.05) is 31.2 Å². The number of rotatable bonds is 6. The molecule has 7 heteroatoms. The molecule has 1 aliphatic rings. The number of ether oxygens (including phenoxy) is 1. The molecule has 26 heavy (non-hydrogen) atoms. The number of pyridine rings is 2. The van der Waals surface area contributed by atoms with E-state index in [2.05, 4.69) is 15.3 Å². The molecule has 2 aromatic heterocycles. The standard InChI is InChI=1S/C19H21N5O2/c1-26-18-5-3-15(12-22-18)23-17-6-9-21-19(20)16(17)4-2-14-7-10-24(13-25)11-8-14/h2-7,9,12-13H,8,10-11H2,1H3,(H3,20,21,23)/b4-2+. The van der Waals surface area contributed by atoms with Crippen molar-refractivity contribution < 1.29 is 9.53 Å². The summed E-state index contributed by atoms with van der Waals surface area (Å²) in [7, 11) is 1.58. The fourth-order valence-electron chi connectivity index (χ4n) is 2.64. The Morgan fingerprint density at radius 2 is 2.15 bits per heavy atom. The van der Waals surface area contributed by atoms with E-state index in [4.69, 9.17) is 10.5 Å². The average Bonchev–Trinajstić information content (AvgIpc) is 2.68. The summed E-state index contributed by atoms with van der Waals surface area (Å²) in [6.07, 6.45) is 11.1. The Balaban J connectivity index is 1.79. The Morgan fingerprint density at radius 3 is 2.81 bits per heavy atom. The summed E-state index contributed by atoms with van der Waals surface area (Å²) >= 11 is 0. The van der Waals surface area contributed by atoms with E-state index in [1.54, 1.807) is 30.5 Å². The van der Waals surface area contributed by atoms with Crippen LogP contribution in [0.25, 0.3) is 6.08 Å². The molecule has 3 heterocycles. The first-order chi connectivity index (χ1) is 12.7. The van der Waals surface area contributed by atoms with Crippen LogP contribution < -0.4 is 15.8 Å². The molecule has 0 unspecified atom stereocenters. The Bertz CT molecular complexity index is 830. The van der Waals surface area contributed by atoms with Crippen molar-refractivity contribution >= 4 is 29.7 Å². The van der Waals surface area contributed by atoms with E-state index in [0.717, 1.165) is 36.3 Å². The number of methoxy groups -OCH3 is 1. The highest BCUT2D eigenvalue weighted by Crippen LogP contribution is 2.26. The Kier molecular flexibility index (Phi) is 5.48. The lowest BCUT2D eigenvalue weighted by atomic mass is 10.1. The summed E-state index contributed by atoms with van der Waals surface area (Å²) in [5.41, 5.74) is 9.71. The molecule has 0 fully saturated rings. The van der Waals surface area contributed by atoms with Crippen LogP contribution in [-0.2, 0) is 4.79 Å². The average molecular weight is 351 g/mol. The molecule has 0 aliphatic carbocycles. The van der Waals surface area contributed by atoms with Gasteiger partial charge in [0.25, 0.3) is 0 Å². The number of carbonyl (C=O) groups excluding carboxylic acids is 1. The molecule has 0 radical (unpaired) electrons. The quantitative estimate of drug-likeness (QED) is 0.777. The van der Waals surface area contributed by atoms with Crippen LogP contribution in [0.1, 0.15) is 12.0 Å². The molecule has 3 rings (SSSR count). The van der Waals surface area contributed by atoms with Gasteiger partial charge in [-0.2, -0.15) is 0 Å². The number of hydrogen-bond donors (Lipinski definition) is 2. The number of nitrogens with zero attached hydrogens (tertiary/aromatic N) is 3. The Hall–Kier alpha value is -3.35. The van der Waals surface area contributed by atoms with Crippen LogP contribution in [0.2, 0.25) is 0 Å². The molecule has 0 atom stereocenters. The third-order valence-electron chi connectivity index (χ3n) is 4.13. The van der Waals surface area contributed by atoms with Crippen molar-refractivity contribution in [1.82, 2.24) is 14.9 Å². The van der Waals surface area contributed by atoms with Gasteiger partial charge in [0.15, 0.2) is 0 Å². The lowest BCUT2D eigenvalue weighted by molar-refractivity contribution is -0.117. The molecule has 0 saturated carbocycles. The summed E-state index contributed by atoms with van der Waals surface area (Å²) in [6.45, 7) is 1.36. The largest absolute Gasteiger partial charge is 0.481 e. The number of carbonyl (C=O) groups is 1. The van der Waals surface area contributed by atoms with Gasteiger partial charge in [-0.25, -0.2) is 9.97 Å². The van der Waals surface area contributed by atoms with Gasteiger partial charge in [0.1, 0.15) is 5.82 Å². The highest BCUT2D eigenvalue weighted by atomic mass is 16.5. The molecule has 0 saturated heterocycles. The molecule has 0 spiro atoms. The molecule has 0 aromatic carbocycles. The summed E-state index contributed by atoms with van der Waals surface area (Å²) in [4.78, 5) is 20.9. The van der Waals surface area contributed by atoms with Crippen molar-refractivity contribution in [3.05, 3.63) is 53.9 Å². The molecular formula is C19H21N5O2. The minimum absolute atomic E-state index is 0.443. The Morgan fingerprint density at radius 1 is 1.27 bits per heavy atom. The van der Waals surface area contributed by atoms with Crippen molar-refractivity contribution in [3.8, 4) is 5.88 Å². The molecular weight excluding hydrogens is 330 g/mol. The van der Waals surface area contributed by atoms with E-state index in [-0.39, 0.29) is 0 Å². The summed E-state index contributed by atoms with van der Waals surface area (Å²) in [5.74, 6) is 0.997. The van der Waals surface area contributed by atoms with E-state index >= 15 is 0 Å². The first-order valence-electron chi connectivity index (χ1n) is 8.27. The minimum atomic E-state index is 0.443. The van der Waals surface area contributed by atoms with Crippen molar-refractivity contribution in [3.63, 3.8) is 0 Å². The SMILES string of the molecule is COc1ccc(Nc2ccnc(N)c2/C=C/C2=CCN(C=O)CC2)cn1. The normalized spacial score (nSPS) is 14.2. The van der Waals surface area contributed by atoms with Crippen molar-refractivity contribution in [1.29, 1.82) is 0 Å². The number of allylic oxidation sites excluding steroid dienone is 1. The molecule has 1 amide bonds. The third kappa shape index (κ3) is 4.18. The van der Waals surface area contributed by atoms with Crippen LogP contribution in [0.4, 0.5) is 17.2 Å². The van der Waals surface area contributed by atoms with Gasteiger partial charge in [-0.1, -0.05) is 12.2 Å². The van der Waals surface area contributed by atoms with E-state index < -0.39 is 0 Å². The van der Waals surface area contributed by atoms with E-state index in [1.165, 1.54) is 5.57 Å². The molecule has 2 aromatic rings. The zero-order valence-electron chi connectivity index (χ0n) is 14.6. The smallest absolute Gasteiger partial charge is 0.213 e. The second-order valence-electron chi connectivity index (χ2n) is 5.83. The number of nitrogens with one attached hydrogen (secondary N) is 1. The zero-order valence-corrected chi connectivity index (χ0v) is 14.6.